The number of halogens is 1. The van der Waals surface area contributed by atoms with Gasteiger partial charge in [0.15, 0.2) is 11.6 Å². The van der Waals surface area contributed by atoms with Crippen molar-refractivity contribution in [3.63, 3.8) is 0 Å². The fourth-order valence-corrected chi connectivity index (χ4v) is 4.08. The summed E-state index contributed by atoms with van der Waals surface area (Å²) >= 11 is 0. The van der Waals surface area contributed by atoms with Crippen LogP contribution in [-0.2, 0) is 11.3 Å². The van der Waals surface area contributed by atoms with E-state index in [0.29, 0.717) is 6.54 Å². The number of methoxy groups -OCH3 is 1. The van der Waals surface area contributed by atoms with E-state index in [1.807, 2.05) is 0 Å². The van der Waals surface area contributed by atoms with Gasteiger partial charge < -0.3 is 14.6 Å². The van der Waals surface area contributed by atoms with Gasteiger partial charge in [0.2, 0.25) is 0 Å². The molecule has 1 N–H and O–H groups in total. The van der Waals surface area contributed by atoms with Crippen LogP contribution in [0, 0.1) is 11.2 Å². The van der Waals surface area contributed by atoms with Gasteiger partial charge in [0.05, 0.1) is 25.9 Å². The lowest BCUT2D eigenvalue weighted by atomic mass is 9.69. The van der Waals surface area contributed by atoms with Crippen LogP contribution in [0.1, 0.15) is 25.8 Å². The van der Waals surface area contributed by atoms with Crippen molar-refractivity contribution in [1.29, 1.82) is 0 Å². The first-order valence-corrected chi connectivity index (χ1v) is 9.40. The molecule has 3 rings (SSSR count). The van der Waals surface area contributed by atoms with E-state index >= 15 is 0 Å². The molecule has 6 heteroatoms. The molecule has 1 unspecified atom stereocenters. The zero-order chi connectivity index (χ0) is 18.8. The van der Waals surface area contributed by atoms with Gasteiger partial charge in [0.1, 0.15) is 0 Å². The molecule has 0 amide bonds. The second kappa shape index (κ2) is 7.80. The molecule has 1 atom stereocenters. The monoisotopic (exact) mass is 366 g/mol. The molecule has 2 aliphatic rings. The smallest absolute Gasteiger partial charge is 0.165 e. The van der Waals surface area contributed by atoms with Gasteiger partial charge in [-0.1, -0.05) is 19.9 Å². The van der Waals surface area contributed by atoms with Crippen LogP contribution >= 0.6 is 0 Å². The number of morpholine rings is 1. The number of ether oxygens (including phenoxy) is 2. The summed E-state index contributed by atoms with van der Waals surface area (Å²) in [4.78, 5) is 4.65. The maximum Gasteiger partial charge on any atom is 0.165 e. The van der Waals surface area contributed by atoms with Crippen molar-refractivity contribution in [1.82, 2.24) is 9.80 Å². The van der Waals surface area contributed by atoms with Gasteiger partial charge in [-0.3, -0.25) is 9.80 Å². The van der Waals surface area contributed by atoms with Crippen LogP contribution in [0.4, 0.5) is 4.39 Å². The molecule has 2 fully saturated rings. The lowest BCUT2D eigenvalue weighted by Crippen LogP contribution is -2.62. The zero-order valence-electron chi connectivity index (χ0n) is 16.1. The predicted octanol–water partition coefficient (Wildman–Crippen LogP) is 2.13. The fraction of sp³-hybridized carbons (Fsp3) is 0.700. The molecule has 0 saturated carbocycles. The van der Waals surface area contributed by atoms with Crippen molar-refractivity contribution < 1.29 is 19.0 Å². The van der Waals surface area contributed by atoms with Gasteiger partial charge >= 0.3 is 0 Å². The molecular formula is C20H31FN2O3. The van der Waals surface area contributed by atoms with Crippen LogP contribution in [0.25, 0.3) is 0 Å². The minimum absolute atomic E-state index is 0.229. The summed E-state index contributed by atoms with van der Waals surface area (Å²) < 4.78 is 24.1. The van der Waals surface area contributed by atoms with E-state index in [-0.39, 0.29) is 17.0 Å². The highest BCUT2D eigenvalue weighted by atomic mass is 19.1. The van der Waals surface area contributed by atoms with Gasteiger partial charge in [-0.05, 0) is 24.1 Å². The van der Waals surface area contributed by atoms with Gasteiger partial charge in [0.25, 0.3) is 0 Å². The van der Waals surface area contributed by atoms with E-state index in [2.05, 4.69) is 23.6 Å². The maximum atomic E-state index is 13.6. The van der Waals surface area contributed by atoms with E-state index in [1.54, 1.807) is 12.1 Å². The molecule has 0 radical (unpaired) electrons. The highest BCUT2D eigenvalue weighted by Crippen LogP contribution is 2.40. The van der Waals surface area contributed by atoms with Gasteiger partial charge in [-0.25, -0.2) is 4.39 Å². The summed E-state index contributed by atoms with van der Waals surface area (Å²) in [5.74, 6) is -0.0577. The Labute approximate surface area is 155 Å². The third-order valence-electron chi connectivity index (χ3n) is 5.93. The van der Waals surface area contributed by atoms with Crippen molar-refractivity contribution >= 4 is 0 Å². The number of aliphatic hydroxyl groups is 1. The summed E-state index contributed by atoms with van der Waals surface area (Å²) in [5.41, 5.74) is 0.0901. The van der Waals surface area contributed by atoms with Crippen LogP contribution in [-0.4, -0.2) is 73.6 Å². The lowest BCUT2D eigenvalue weighted by molar-refractivity contribution is -0.140. The van der Waals surface area contributed by atoms with Crippen LogP contribution in [0.15, 0.2) is 18.2 Å². The molecule has 0 aliphatic carbocycles. The number of rotatable bonds is 5. The third kappa shape index (κ3) is 4.19. The Kier molecular flexibility index (Phi) is 5.87. The molecular weight excluding hydrogens is 335 g/mol. The van der Waals surface area contributed by atoms with Crippen molar-refractivity contribution in [2.45, 2.75) is 32.4 Å². The van der Waals surface area contributed by atoms with E-state index < -0.39 is 5.60 Å². The van der Waals surface area contributed by atoms with Crippen LogP contribution in [0.2, 0.25) is 0 Å². The summed E-state index contributed by atoms with van der Waals surface area (Å²) in [6, 6.07) is 5.02. The van der Waals surface area contributed by atoms with E-state index in [1.165, 1.54) is 13.2 Å². The van der Waals surface area contributed by atoms with Crippen LogP contribution in [0.5, 0.6) is 5.75 Å². The van der Waals surface area contributed by atoms with Crippen LogP contribution < -0.4 is 4.74 Å². The molecule has 1 aromatic carbocycles. The van der Waals surface area contributed by atoms with Gasteiger partial charge in [0, 0.05) is 44.7 Å². The van der Waals surface area contributed by atoms with Crippen molar-refractivity contribution in [2.24, 2.45) is 5.41 Å². The number of β-amino-alcohol motifs (C(OH)–C–C–N with tert-alkyl or cyclic N) is 1. The molecule has 0 bridgehead atoms. The summed E-state index contributed by atoms with van der Waals surface area (Å²) in [6.45, 7) is 10.6. The minimum Gasteiger partial charge on any atom is -0.494 e. The predicted molar refractivity (Wildman–Crippen MR) is 98.8 cm³/mol. The summed E-state index contributed by atoms with van der Waals surface area (Å²) in [6.07, 6.45) is 0.732. The Morgan fingerprint density at radius 2 is 1.92 bits per heavy atom. The fourth-order valence-electron chi connectivity index (χ4n) is 4.08. The average molecular weight is 366 g/mol. The summed E-state index contributed by atoms with van der Waals surface area (Å²) in [7, 11) is 1.48. The zero-order valence-corrected chi connectivity index (χ0v) is 16.1. The first-order chi connectivity index (χ1) is 12.3. The van der Waals surface area contributed by atoms with Crippen molar-refractivity contribution in [3.05, 3.63) is 29.6 Å². The number of hydrogen-bond donors (Lipinski definition) is 1. The number of likely N-dealkylation sites (tertiary alicyclic amines) is 1. The van der Waals surface area contributed by atoms with Crippen LogP contribution in [0.3, 0.4) is 0 Å². The topological polar surface area (TPSA) is 45.2 Å². The van der Waals surface area contributed by atoms with E-state index in [0.717, 1.165) is 57.9 Å². The lowest BCUT2D eigenvalue weighted by Gasteiger charge is -2.52. The standard InChI is InChI=1S/C20H31FN2O3/c1-19(2)14-23(13-16-4-5-17(21)18(12-16)25-3)7-6-20(19,24)15-22-8-10-26-11-9-22/h4-5,12,24H,6-11,13-15H2,1-3H3. The maximum absolute atomic E-state index is 13.6. The largest absolute Gasteiger partial charge is 0.494 e. The average Bonchev–Trinajstić information content (AvgIpc) is 2.61. The first-order valence-electron chi connectivity index (χ1n) is 9.40. The number of hydrogen-bond acceptors (Lipinski definition) is 5. The number of nitrogens with zero attached hydrogens (tertiary/aromatic N) is 2. The number of piperidine rings is 1. The SMILES string of the molecule is COc1cc(CN2CCC(O)(CN3CCOCC3)C(C)(C)C2)ccc1F. The van der Waals surface area contributed by atoms with E-state index in [4.69, 9.17) is 9.47 Å². The molecule has 0 aromatic heterocycles. The second-order valence-electron chi connectivity index (χ2n) is 8.23. The molecule has 2 heterocycles. The Morgan fingerprint density at radius 1 is 1.19 bits per heavy atom. The molecule has 2 aliphatic heterocycles. The third-order valence-corrected chi connectivity index (χ3v) is 5.93. The Balaban J connectivity index is 1.64. The first kappa shape index (κ1) is 19.5. The van der Waals surface area contributed by atoms with Crippen molar-refractivity contribution in [2.75, 3.05) is 53.0 Å². The minimum atomic E-state index is -0.707. The molecule has 5 nitrogen and oxygen atoms in total. The van der Waals surface area contributed by atoms with Gasteiger partial charge in [-0.2, -0.15) is 0 Å². The highest BCUT2D eigenvalue weighted by Gasteiger charge is 2.48. The molecule has 146 valence electrons. The van der Waals surface area contributed by atoms with Crippen molar-refractivity contribution in [3.8, 4) is 5.75 Å². The number of benzene rings is 1. The summed E-state index contributed by atoms with van der Waals surface area (Å²) in [5, 5.41) is 11.4. The molecule has 2 saturated heterocycles. The molecule has 26 heavy (non-hydrogen) atoms. The Morgan fingerprint density at radius 3 is 2.58 bits per heavy atom. The molecule has 1 aromatic rings. The molecule has 0 spiro atoms. The Hall–Kier alpha value is -1.21. The van der Waals surface area contributed by atoms with Gasteiger partial charge in [-0.15, -0.1) is 0 Å². The second-order valence-corrected chi connectivity index (χ2v) is 8.23. The quantitative estimate of drug-likeness (QED) is 0.865. The van der Waals surface area contributed by atoms with E-state index in [9.17, 15) is 9.50 Å². The highest BCUT2D eigenvalue weighted by molar-refractivity contribution is 5.30. The normalized spacial score (nSPS) is 27.4. The Bertz CT molecular complexity index is 619.